The molecule has 14 heavy (non-hydrogen) atoms. The second-order valence-corrected chi connectivity index (χ2v) is 4.39. The van der Waals surface area contributed by atoms with Gasteiger partial charge in [0.05, 0.1) is 22.2 Å². The first-order chi connectivity index (χ1) is 6.57. The maximum atomic E-state index is 11.4. The summed E-state index contributed by atoms with van der Waals surface area (Å²) in [5.74, 6) is -0.485. The van der Waals surface area contributed by atoms with Crippen molar-refractivity contribution in [2.75, 3.05) is 6.61 Å². The second-order valence-electron chi connectivity index (χ2n) is 2.44. The van der Waals surface area contributed by atoms with Gasteiger partial charge in [-0.3, -0.25) is 0 Å². The molecule has 76 valence electrons. The molecule has 0 N–H and O–H groups in total. The van der Waals surface area contributed by atoms with Crippen LogP contribution in [0.25, 0.3) is 0 Å². The van der Waals surface area contributed by atoms with Gasteiger partial charge in [0.25, 0.3) is 0 Å². The summed E-state index contributed by atoms with van der Waals surface area (Å²) in [4.78, 5) is 11.4. The SMILES string of the molecule is CCOC(=O)c1c(Cl)ccc(I)c1Cl. The first-order valence-electron chi connectivity index (χ1n) is 3.88. The Morgan fingerprint density at radius 3 is 2.71 bits per heavy atom. The normalized spacial score (nSPS) is 10.0. The van der Waals surface area contributed by atoms with Crippen LogP contribution in [0.1, 0.15) is 17.3 Å². The molecule has 0 aliphatic heterocycles. The molecule has 0 bridgehead atoms. The van der Waals surface area contributed by atoms with Gasteiger partial charge in [0.15, 0.2) is 0 Å². The summed E-state index contributed by atoms with van der Waals surface area (Å²) in [5, 5.41) is 0.658. The summed E-state index contributed by atoms with van der Waals surface area (Å²) in [7, 11) is 0. The third kappa shape index (κ3) is 2.52. The van der Waals surface area contributed by atoms with Gasteiger partial charge in [-0.15, -0.1) is 0 Å². The molecule has 2 nitrogen and oxygen atoms in total. The van der Waals surface area contributed by atoms with Crippen LogP contribution in [0.3, 0.4) is 0 Å². The topological polar surface area (TPSA) is 26.3 Å². The first-order valence-corrected chi connectivity index (χ1v) is 5.72. The zero-order valence-corrected chi connectivity index (χ0v) is 11.0. The van der Waals surface area contributed by atoms with Crippen LogP contribution in [0.15, 0.2) is 12.1 Å². The molecule has 0 aliphatic carbocycles. The minimum Gasteiger partial charge on any atom is -0.462 e. The molecule has 0 saturated heterocycles. The number of benzene rings is 1. The van der Waals surface area contributed by atoms with Crippen molar-refractivity contribution in [3.05, 3.63) is 31.3 Å². The first kappa shape index (κ1) is 12.1. The Balaban J connectivity index is 3.18. The van der Waals surface area contributed by atoms with E-state index in [1.54, 1.807) is 19.1 Å². The van der Waals surface area contributed by atoms with Gasteiger partial charge < -0.3 is 4.74 Å². The van der Waals surface area contributed by atoms with Crippen molar-refractivity contribution in [3.63, 3.8) is 0 Å². The van der Waals surface area contributed by atoms with E-state index in [2.05, 4.69) is 0 Å². The lowest BCUT2D eigenvalue weighted by molar-refractivity contribution is 0.0526. The lowest BCUT2D eigenvalue weighted by Crippen LogP contribution is -2.06. The van der Waals surface area contributed by atoms with Crippen LogP contribution in [0, 0.1) is 3.57 Å². The van der Waals surface area contributed by atoms with Crippen molar-refractivity contribution in [2.24, 2.45) is 0 Å². The van der Waals surface area contributed by atoms with Crippen LogP contribution in [-0.2, 0) is 4.74 Å². The highest BCUT2D eigenvalue weighted by molar-refractivity contribution is 14.1. The third-order valence-corrected chi connectivity index (χ3v) is 3.45. The number of rotatable bonds is 2. The van der Waals surface area contributed by atoms with E-state index in [1.165, 1.54) is 0 Å². The second kappa shape index (κ2) is 5.19. The fourth-order valence-corrected chi connectivity index (χ4v) is 1.89. The Bertz CT molecular complexity index is 366. The highest BCUT2D eigenvalue weighted by atomic mass is 127. The van der Waals surface area contributed by atoms with Gasteiger partial charge in [-0.1, -0.05) is 23.2 Å². The summed E-state index contributed by atoms with van der Waals surface area (Å²) >= 11 is 13.8. The number of ether oxygens (including phenoxy) is 1. The van der Waals surface area contributed by atoms with Gasteiger partial charge in [-0.05, 0) is 41.6 Å². The van der Waals surface area contributed by atoms with Gasteiger partial charge in [-0.25, -0.2) is 4.79 Å². The van der Waals surface area contributed by atoms with E-state index in [9.17, 15) is 4.79 Å². The van der Waals surface area contributed by atoms with Crippen molar-refractivity contribution < 1.29 is 9.53 Å². The van der Waals surface area contributed by atoms with Crippen LogP contribution in [0.5, 0.6) is 0 Å². The van der Waals surface area contributed by atoms with Crippen molar-refractivity contribution in [1.29, 1.82) is 0 Å². The molecule has 0 radical (unpaired) electrons. The molecule has 0 unspecified atom stereocenters. The standard InChI is InChI=1S/C9H7Cl2IO2/c1-2-14-9(13)7-5(10)3-4-6(12)8(7)11/h3-4H,2H2,1H3. The predicted octanol–water partition coefficient (Wildman–Crippen LogP) is 3.77. The average Bonchev–Trinajstić information content (AvgIpc) is 2.13. The van der Waals surface area contributed by atoms with E-state index >= 15 is 0 Å². The van der Waals surface area contributed by atoms with E-state index < -0.39 is 5.97 Å². The molecule has 0 spiro atoms. The number of carbonyl (C=O) groups is 1. The van der Waals surface area contributed by atoms with E-state index in [-0.39, 0.29) is 5.56 Å². The van der Waals surface area contributed by atoms with Crippen molar-refractivity contribution >= 4 is 51.8 Å². The van der Waals surface area contributed by atoms with Gasteiger partial charge >= 0.3 is 5.97 Å². The zero-order chi connectivity index (χ0) is 10.7. The molecule has 1 aromatic carbocycles. The Kier molecular flexibility index (Phi) is 4.47. The average molecular weight is 345 g/mol. The largest absolute Gasteiger partial charge is 0.462 e. The minimum atomic E-state index is -0.485. The smallest absolute Gasteiger partial charge is 0.341 e. The van der Waals surface area contributed by atoms with Gasteiger partial charge in [-0.2, -0.15) is 0 Å². The molecule has 0 heterocycles. The maximum Gasteiger partial charge on any atom is 0.341 e. The van der Waals surface area contributed by atoms with Crippen molar-refractivity contribution in [1.82, 2.24) is 0 Å². The Morgan fingerprint density at radius 1 is 1.50 bits per heavy atom. The predicted molar refractivity (Wildman–Crippen MR) is 65.1 cm³/mol. The lowest BCUT2D eigenvalue weighted by atomic mass is 10.2. The zero-order valence-electron chi connectivity index (χ0n) is 7.31. The Hall–Kier alpha value is -0.0000000000000000555. The fraction of sp³-hybridized carbons (Fsp3) is 0.222. The van der Waals surface area contributed by atoms with Crippen molar-refractivity contribution in [2.45, 2.75) is 6.92 Å². The maximum absolute atomic E-state index is 11.4. The molecule has 0 aliphatic rings. The highest BCUT2D eigenvalue weighted by Gasteiger charge is 2.17. The molecule has 0 aromatic heterocycles. The molecular formula is C9H7Cl2IO2. The van der Waals surface area contributed by atoms with Crippen LogP contribution in [-0.4, -0.2) is 12.6 Å². The molecule has 1 rings (SSSR count). The molecule has 0 saturated carbocycles. The lowest BCUT2D eigenvalue weighted by Gasteiger charge is -2.07. The highest BCUT2D eigenvalue weighted by Crippen LogP contribution is 2.29. The van der Waals surface area contributed by atoms with Crippen LogP contribution >= 0.6 is 45.8 Å². The quantitative estimate of drug-likeness (QED) is 0.463. The number of halogens is 3. The summed E-state index contributed by atoms with van der Waals surface area (Å²) < 4.78 is 5.61. The van der Waals surface area contributed by atoms with Gasteiger partial charge in [0.2, 0.25) is 0 Å². The summed E-state index contributed by atoms with van der Waals surface area (Å²) in [6.07, 6.45) is 0. The third-order valence-electron chi connectivity index (χ3n) is 1.52. The van der Waals surface area contributed by atoms with E-state index in [1.807, 2.05) is 22.6 Å². The monoisotopic (exact) mass is 344 g/mol. The Labute approximate surface area is 106 Å². The van der Waals surface area contributed by atoms with Crippen LogP contribution < -0.4 is 0 Å². The van der Waals surface area contributed by atoms with E-state index in [4.69, 9.17) is 27.9 Å². The molecule has 5 heteroatoms. The summed E-state index contributed by atoms with van der Waals surface area (Å²) in [6.45, 7) is 2.03. The number of hydrogen-bond acceptors (Lipinski definition) is 2. The van der Waals surface area contributed by atoms with E-state index in [0.717, 1.165) is 3.57 Å². The van der Waals surface area contributed by atoms with Crippen LogP contribution in [0.4, 0.5) is 0 Å². The van der Waals surface area contributed by atoms with Crippen molar-refractivity contribution in [3.8, 4) is 0 Å². The molecule has 0 atom stereocenters. The Morgan fingerprint density at radius 2 is 2.14 bits per heavy atom. The molecule has 0 fully saturated rings. The summed E-state index contributed by atoms with van der Waals surface area (Å²) in [6, 6.07) is 3.37. The number of hydrogen-bond donors (Lipinski definition) is 0. The van der Waals surface area contributed by atoms with E-state index in [0.29, 0.717) is 16.7 Å². The minimum absolute atomic E-state index is 0.238. The van der Waals surface area contributed by atoms with Crippen LogP contribution in [0.2, 0.25) is 10.0 Å². The molecular weight excluding hydrogens is 338 g/mol. The molecule has 0 amide bonds. The van der Waals surface area contributed by atoms with Gasteiger partial charge in [0, 0.05) is 3.57 Å². The molecule has 1 aromatic rings. The fourth-order valence-electron chi connectivity index (χ4n) is 0.917. The number of carbonyl (C=O) groups excluding carboxylic acids is 1. The van der Waals surface area contributed by atoms with Gasteiger partial charge in [0.1, 0.15) is 0 Å². The summed E-state index contributed by atoms with van der Waals surface area (Å²) in [5.41, 5.74) is 0.238. The number of esters is 1.